The van der Waals surface area contributed by atoms with Crippen molar-refractivity contribution >= 4 is 5.65 Å². The van der Waals surface area contributed by atoms with Crippen molar-refractivity contribution in [2.75, 3.05) is 0 Å². The Balaban J connectivity index is 1.78. The highest BCUT2D eigenvalue weighted by atomic mass is 19.1. The summed E-state index contributed by atoms with van der Waals surface area (Å²) in [5, 5.41) is 4.30. The number of rotatable bonds is 4. The second kappa shape index (κ2) is 6.04. The molecule has 4 heterocycles. The first-order valence-electron chi connectivity index (χ1n) is 7.99. The molecule has 0 bridgehead atoms. The zero-order chi connectivity index (χ0) is 17.4. The van der Waals surface area contributed by atoms with Gasteiger partial charge in [-0.05, 0) is 25.5 Å². The topological polar surface area (TPSA) is 73.8 Å². The van der Waals surface area contributed by atoms with Crippen LogP contribution in [0.15, 0.2) is 37.1 Å². The fraction of sp³-hybridized carbons (Fsp3) is 0.235. The molecule has 4 rings (SSSR count). The third-order valence-corrected chi connectivity index (χ3v) is 4.04. The van der Waals surface area contributed by atoms with Crippen LogP contribution in [-0.2, 0) is 13.0 Å². The Kier molecular flexibility index (Phi) is 3.72. The first-order valence-corrected chi connectivity index (χ1v) is 7.99. The molecule has 0 amide bonds. The van der Waals surface area contributed by atoms with Gasteiger partial charge in [0.1, 0.15) is 17.8 Å². The summed E-state index contributed by atoms with van der Waals surface area (Å²) in [7, 11) is 0. The molecule has 25 heavy (non-hydrogen) atoms. The smallest absolute Gasteiger partial charge is 0.162 e. The fourth-order valence-corrected chi connectivity index (χ4v) is 2.91. The van der Waals surface area contributed by atoms with Crippen LogP contribution in [0.1, 0.15) is 24.0 Å². The number of nitrogens with zero attached hydrogens (tertiary/aromatic N) is 7. The minimum atomic E-state index is -0.401. The summed E-state index contributed by atoms with van der Waals surface area (Å²) in [6.45, 7) is 4.36. The Hall–Kier alpha value is -3.16. The lowest BCUT2D eigenvalue weighted by atomic mass is 10.1. The average Bonchev–Trinajstić information content (AvgIpc) is 3.21. The number of fused-ring (bicyclic) bond motifs is 1. The van der Waals surface area contributed by atoms with Gasteiger partial charge in [-0.1, -0.05) is 6.92 Å². The molecule has 0 radical (unpaired) electrons. The molecule has 0 N–H and O–H groups in total. The van der Waals surface area contributed by atoms with Crippen molar-refractivity contribution in [3.63, 3.8) is 0 Å². The molecule has 7 nitrogen and oxygen atoms in total. The molecule has 0 atom stereocenters. The Morgan fingerprint density at radius 3 is 2.84 bits per heavy atom. The molecule has 0 unspecified atom stereocenters. The van der Waals surface area contributed by atoms with Gasteiger partial charge in [-0.25, -0.2) is 28.8 Å². The molecular formula is C17H16FN7. The van der Waals surface area contributed by atoms with Crippen molar-refractivity contribution in [2.45, 2.75) is 26.8 Å². The van der Waals surface area contributed by atoms with E-state index in [1.54, 1.807) is 35.5 Å². The van der Waals surface area contributed by atoms with E-state index in [4.69, 9.17) is 0 Å². The largest absolute Gasteiger partial charge is 0.324 e. The highest BCUT2D eigenvalue weighted by Crippen LogP contribution is 2.21. The van der Waals surface area contributed by atoms with Gasteiger partial charge in [0.05, 0.1) is 12.2 Å². The van der Waals surface area contributed by atoms with Gasteiger partial charge < -0.3 is 4.57 Å². The van der Waals surface area contributed by atoms with Gasteiger partial charge in [-0.3, -0.25) is 0 Å². The number of hydrogen-bond donors (Lipinski definition) is 0. The zero-order valence-corrected chi connectivity index (χ0v) is 13.9. The lowest BCUT2D eigenvalue weighted by Crippen LogP contribution is -2.09. The molecule has 0 saturated carbocycles. The van der Waals surface area contributed by atoms with Gasteiger partial charge in [0, 0.05) is 24.2 Å². The second-order valence-electron chi connectivity index (χ2n) is 5.66. The Bertz CT molecular complexity index is 1050. The number of aryl methyl sites for hydroxylation is 2. The lowest BCUT2D eigenvalue weighted by Gasteiger charge is -2.11. The van der Waals surface area contributed by atoms with Gasteiger partial charge in [0.15, 0.2) is 17.3 Å². The quantitative estimate of drug-likeness (QED) is 0.572. The molecule has 0 fully saturated rings. The van der Waals surface area contributed by atoms with Crippen molar-refractivity contribution in [2.24, 2.45) is 0 Å². The number of pyridine rings is 1. The molecule has 0 aliphatic rings. The van der Waals surface area contributed by atoms with E-state index in [2.05, 4.69) is 32.0 Å². The molecule has 0 aromatic carbocycles. The van der Waals surface area contributed by atoms with Gasteiger partial charge in [-0.2, -0.15) is 5.10 Å². The predicted molar refractivity (Wildman–Crippen MR) is 89.4 cm³/mol. The van der Waals surface area contributed by atoms with E-state index in [0.717, 1.165) is 23.3 Å². The van der Waals surface area contributed by atoms with Crippen molar-refractivity contribution < 1.29 is 4.39 Å². The summed E-state index contributed by atoms with van der Waals surface area (Å²) in [4.78, 5) is 17.4. The molecule has 0 saturated heterocycles. The Labute approximate surface area is 143 Å². The van der Waals surface area contributed by atoms with E-state index >= 15 is 0 Å². The monoisotopic (exact) mass is 337 g/mol. The number of aromatic nitrogens is 7. The summed E-state index contributed by atoms with van der Waals surface area (Å²) in [5.41, 5.74) is 2.91. The normalized spacial score (nSPS) is 11.3. The SMILES string of the molecule is CCc1c(Cn2ccnc2-c2ncccc2F)ncn2nc(C)nc12. The van der Waals surface area contributed by atoms with Gasteiger partial charge >= 0.3 is 0 Å². The second-order valence-corrected chi connectivity index (χ2v) is 5.66. The predicted octanol–water partition coefficient (Wildman–Crippen LogP) is 2.44. The standard InChI is InChI=1S/C17H16FN7/c1-3-12-14(21-10-25-16(12)22-11(2)23-25)9-24-8-7-20-17(24)15-13(18)5-4-6-19-15/h4-8,10H,3,9H2,1-2H3. The summed E-state index contributed by atoms with van der Waals surface area (Å²) in [6, 6.07) is 2.94. The third kappa shape index (κ3) is 2.65. The molecule has 0 aliphatic carbocycles. The maximum atomic E-state index is 14.1. The van der Waals surface area contributed by atoms with E-state index in [0.29, 0.717) is 18.2 Å². The maximum absolute atomic E-state index is 14.1. The Morgan fingerprint density at radius 1 is 1.16 bits per heavy atom. The summed E-state index contributed by atoms with van der Waals surface area (Å²) in [5.74, 6) is 0.772. The lowest BCUT2D eigenvalue weighted by molar-refractivity contribution is 0.621. The summed E-state index contributed by atoms with van der Waals surface area (Å²) >= 11 is 0. The van der Waals surface area contributed by atoms with Crippen LogP contribution < -0.4 is 0 Å². The van der Waals surface area contributed by atoms with Crippen LogP contribution in [0.5, 0.6) is 0 Å². The van der Waals surface area contributed by atoms with Crippen LogP contribution in [0.4, 0.5) is 4.39 Å². The van der Waals surface area contributed by atoms with E-state index in [9.17, 15) is 4.39 Å². The maximum Gasteiger partial charge on any atom is 0.162 e. The minimum absolute atomic E-state index is 0.227. The first-order chi connectivity index (χ1) is 12.2. The number of imidazole rings is 1. The number of hydrogen-bond acceptors (Lipinski definition) is 5. The molecule has 4 aromatic heterocycles. The van der Waals surface area contributed by atoms with Crippen LogP contribution in [-0.4, -0.2) is 34.1 Å². The van der Waals surface area contributed by atoms with E-state index in [1.165, 1.54) is 6.07 Å². The molecule has 8 heteroatoms. The molecular weight excluding hydrogens is 321 g/mol. The van der Waals surface area contributed by atoms with Crippen LogP contribution in [0.2, 0.25) is 0 Å². The Morgan fingerprint density at radius 2 is 2.04 bits per heavy atom. The highest BCUT2D eigenvalue weighted by molar-refractivity contribution is 5.52. The van der Waals surface area contributed by atoms with Crippen molar-refractivity contribution in [1.82, 2.24) is 34.1 Å². The third-order valence-electron chi connectivity index (χ3n) is 4.04. The van der Waals surface area contributed by atoms with Crippen LogP contribution in [0, 0.1) is 12.7 Å². The van der Waals surface area contributed by atoms with E-state index < -0.39 is 5.82 Å². The van der Waals surface area contributed by atoms with Gasteiger partial charge in [0.2, 0.25) is 0 Å². The van der Waals surface area contributed by atoms with Crippen molar-refractivity contribution in [3.05, 3.63) is 59.9 Å². The van der Waals surface area contributed by atoms with Crippen molar-refractivity contribution in [3.8, 4) is 11.5 Å². The number of halogens is 1. The van der Waals surface area contributed by atoms with Gasteiger partial charge in [0.25, 0.3) is 0 Å². The minimum Gasteiger partial charge on any atom is -0.324 e. The first kappa shape index (κ1) is 15.4. The van der Waals surface area contributed by atoms with Crippen LogP contribution in [0.3, 0.4) is 0 Å². The van der Waals surface area contributed by atoms with Crippen LogP contribution in [0.25, 0.3) is 17.2 Å². The summed E-state index contributed by atoms with van der Waals surface area (Å²) < 4.78 is 17.6. The molecule has 4 aromatic rings. The molecule has 126 valence electrons. The van der Waals surface area contributed by atoms with Crippen LogP contribution >= 0.6 is 0 Å². The highest BCUT2D eigenvalue weighted by Gasteiger charge is 2.16. The van der Waals surface area contributed by atoms with Gasteiger partial charge in [-0.15, -0.1) is 0 Å². The average molecular weight is 337 g/mol. The molecule has 0 aliphatic heterocycles. The zero-order valence-electron chi connectivity index (χ0n) is 13.9. The van der Waals surface area contributed by atoms with E-state index in [-0.39, 0.29) is 5.69 Å². The van der Waals surface area contributed by atoms with E-state index in [1.807, 2.05) is 11.5 Å². The summed E-state index contributed by atoms with van der Waals surface area (Å²) in [6.07, 6.45) is 7.41. The fourth-order valence-electron chi connectivity index (χ4n) is 2.91. The molecule has 0 spiro atoms. The van der Waals surface area contributed by atoms with Crippen molar-refractivity contribution in [1.29, 1.82) is 0 Å².